The van der Waals surface area contributed by atoms with E-state index in [4.69, 9.17) is 9.84 Å². The van der Waals surface area contributed by atoms with Crippen molar-refractivity contribution >= 4 is 17.4 Å². The van der Waals surface area contributed by atoms with E-state index in [0.717, 1.165) is 0 Å². The van der Waals surface area contributed by atoms with Crippen LogP contribution in [0, 0.1) is 5.82 Å². The van der Waals surface area contributed by atoms with E-state index in [0.29, 0.717) is 17.9 Å². The molecule has 1 atom stereocenters. The largest absolute Gasteiger partial charge is 0.507 e. The van der Waals surface area contributed by atoms with Gasteiger partial charge in [0.05, 0.1) is 18.2 Å². The number of nitrogens with zero attached hydrogens (tertiary/aromatic N) is 1. The van der Waals surface area contributed by atoms with Gasteiger partial charge in [0.1, 0.15) is 17.3 Å². The highest BCUT2D eigenvalue weighted by Gasteiger charge is 2.46. The third kappa shape index (κ3) is 4.00. The van der Waals surface area contributed by atoms with E-state index < -0.39 is 23.5 Å². The van der Waals surface area contributed by atoms with Gasteiger partial charge in [0, 0.05) is 24.3 Å². The smallest absolute Gasteiger partial charge is 0.295 e. The Morgan fingerprint density at radius 1 is 1.14 bits per heavy atom. The van der Waals surface area contributed by atoms with E-state index >= 15 is 0 Å². The second-order valence-corrected chi connectivity index (χ2v) is 6.55. The summed E-state index contributed by atoms with van der Waals surface area (Å²) < 4.78 is 19.9. The molecule has 6 nitrogen and oxygen atoms in total. The number of halogens is 1. The molecule has 2 aromatic rings. The third-order valence-electron chi connectivity index (χ3n) is 4.74. The summed E-state index contributed by atoms with van der Waals surface area (Å²) >= 11 is 0. The first-order valence-electron chi connectivity index (χ1n) is 9.36. The van der Waals surface area contributed by atoms with Crippen molar-refractivity contribution in [3.05, 3.63) is 71.0 Å². The zero-order valence-corrected chi connectivity index (χ0v) is 16.0. The predicted molar refractivity (Wildman–Crippen MR) is 105 cm³/mol. The lowest BCUT2D eigenvalue weighted by Gasteiger charge is -2.25. The van der Waals surface area contributed by atoms with E-state index in [2.05, 4.69) is 0 Å². The monoisotopic (exact) mass is 399 g/mol. The number of carbonyl (C=O) groups excluding carboxylic acids is 2. The lowest BCUT2D eigenvalue weighted by atomic mass is 9.95. The van der Waals surface area contributed by atoms with E-state index in [1.54, 1.807) is 30.3 Å². The summed E-state index contributed by atoms with van der Waals surface area (Å²) in [6.07, 6.45) is 0.223. The van der Waals surface area contributed by atoms with Crippen molar-refractivity contribution in [1.29, 1.82) is 0 Å². The summed E-state index contributed by atoms with van der Waals surface area (Å²) in [5.41, 5.74) is 0.245. The van der Waals surface area contributed by atoms with Gasteiger partial charge in [-0.2, -0.15) is 0 Å². The molecule has 1 aliphatic rings. The summed E-state index contributed by atoms with van der Waals surface area (Å²) in [4.78, 5) is 26.5. The Morgan fingerprint density at radius 3 is 2.45 bits per heavy atom. The maximum absolute atomic E-state index is 14.5. The number of carbonyl (C=O) groups is 2. The van der Waals surface area contributed by atoms with Crippen molar-refractivity contribution in [2.45, 2.75) is 19.4 Å². The second-order valence-electron chi connectivity index (χ2n) is 6.55. The average molecular weight is 399 g/mol. The first-order chi connectivity index (χ1) is 14.0. The minimum atomic E-state index is -1.07. The number of hydrogen-bond donors (Lipinski definition) is 2. The van der Waals surface area contributed by atoms with E-state index in [-0.39, 0.29) is 36.5 Å². The van der Waals surface area contributed by atoms with Crippen molar-refractivity contribution in [2.75, 3.05) is 19.8 Å². The predicted octanol–water partition coefficient (Wildman–Crippen LogP) is 3.03. The Balaban J connectivity index is 2.12. The van der Waals surface area contributed by atoms with Gasteiger partial charge in [0.25, 0.3) is 11.7 Å². The van der Waals surface area contributed by atoms with Gasteiger partial charge in [-0.25, -0.2) is 4.39 Å². The van der Waals surface area contributed by atoms with Gasteiger partial charge in [0.2, 0.25) is 0 Å². The van der Waals surface area contributed by atoms with Crippen LogP contribution in [0.25, 0.3) is 5.76 Å². The molecule has 0 unspecified atom stereocenters. The van der Waals surface area contributed by atoms with Gasteiger partial charge < -0.3 is 19.8 Å². The molecule has 0 saturated carbocycles. The normalized spacial score (nSPS) is 18.3. The number of likely N-dealkylation sites (tertiary alicyclic amines) is 1. The maximum atomic E-state index is 14.5. The van der Waals surface area contributed by atoms with E-state index in [1.807, 2.05) is 6.92 Å². The minimum absolute atomic E-state index is 0.0557. The number of amides is 1. The first kappa shape index (κ1) is 20.5. The molecule has 0 bridgehead atoms. The molecule has 2 N–H and O–H groups in total. The third-order valence-corrected chi connectivity index (χ3v) is 4.74. The van der Waals surface area contributed by atoms with Crippen molar-refractivity contribution < 1.29 is 28.9 Å². The van der Waals surface area contributed by atoms with Crippen LogP contribution in [-0.2, 0) is 9.59 Å². The van der Waals surface area contributed by atoms with Crippen LogP contribution in [0.1, 0.15) is 30.5 Å². The van der Waals surface area contributed by atoms with Crippen LogP contribution in [0.3, 0.4) is 0 Å². The summed E-state index contributed by atoms with van der Waals surface area (Å²) in [7, 11) is 0. The zero-order chi connectivity index (χ0) is 21.0. The van der Waals surface area contributed by atoms with Gasteiger partial charge in [-0.1, -0.05) is 18.2 Å². The van der Waals surface area contributed by atoms with E-state index in [9.17, 15) is 19.1 Å². The fraction of sp³-hybridized carbons (Fsp3) is 0.273. The molecule has 1 fully saturated rings. The Hall–Kier alpha value is -3.19. The van der Waals surface area contributed by atoms with E-state index in [1.165, 1.54) is 23.1 Å². The fourth-order valence-corrected chi connectivity index (χ4v) is 3.40. The van der Waals surface area contributed by atoms with Crippen molar-refractivity contribution in [2.24, 2.45) is 0 Å². The molecule has 1 heterocycles. The van der Waals surface area contributed by atoms with Crippen molar-refractivity contribution in [1.82, 2.24) is 4.90 Å². The standard InChI is InChI=1S/C22H22FNO5/c1-2-29-15-10-8-14(9-11-15)20(26)18-19(16-6-3-4-7-17(16)23)24(12-5-13-25)22(28)21(18)27/h3-4,6-11,19,25-26H,2,5,12-13H2,1H3/t19-/m1/s1. The van der Waals surface area contributed by atoms with Crippen molar-refractivity contribution in [3.8, 4) is 5.75 Å². The highest BCUT2D eigenvalue weighted by atomic mass is 19.1. The van der Waals surface area contributed by atoms with Crippen LogP contribution in [0.15, 0.2) is 54.1 Å². The quantitative estimate of drug-likeness (QED) is 0.425. The molecule has 1 saturated heterocycles. The van der Waals surface area contributed by atoms with Crippen LogP contribution in [-0.4, -0.2) is 46.6 Å². The number of benzene rings is 2. The Labute approximate surface area is 167 Å². The number of Topliss-reactive ketones (excluding diaryl/α,β-unsaturated/α-hetero) is 1. The molecule has 29 heavy (non-hydrogen) atoms. The Bertz CT molecular complexity index is 938. The summed E-state index contributed by atoms with van der Waals surface area (Å²) in [5.74, 6) is -2.10. The van der Waals surface area contributed by atoms with Gasteiger partial charge in [-0.15, -0.1) is 0 Å². The Kier molecular flexibility index (Phi) is 6.29. The number of ether oxygens (including phenoxy) is 1. The molecule has 3 rings (SSSR count). The number of ketones is 1. The Morgan fingerprint density at radius 2 is 1.83 bits per heavy atom. The SMILES string of the molecule is CCOc1ccc(C(O)=C2C(=O)C(=O)N(CCCO)[C@@H]2c2ccccc2F)cc1. The van der Waals surface area contributed by atoms with Gasteiger partial charge >= 0.3 is 0 Å². The molecule has 0 aromatic heterocycles. The number of rotatable bonds is 7. The topological polar surface area (TPSA) is 87.1 Å². The highest BCUT2D eigenvalue weighted by Crippen LogP contribution is 2.40. The number of hydrogen-bond acceptors (Lipinski definition) is 5. The molecule has 2 aromatic carbocycles. The van der Waals surface area contributed by atoms with Crippen LogP contribution in [0.4, 0.5) is 4.39 Å². The molecule has 1 amide bonds. The number of aliphatic hydroxyl groups excluding tert-OH is 2. The first-order valence-corrected chi connectivity index (χ1v) is 9.36. The fourth-order valence-electron chi connectivity index (χ4n) is 3.40. The molecule has 0 aliphatic carbocycles. The van der Waals surface area contributed by atoms with Gasteiger partial charge in [-0.05, 0) is 43.7 Å². The van der Waals surface area contributed by atoms with Crippen LogP contribution < -0.4 is 4.74 Å². The molecular formula is C22H22FNO5. The molecule has 0 spiro atoms. The molecular weight excluding hydrogens is 377 g/mol. The van der Waals surface area contributed by atoms with Crippen LogP contribution >= 0.6 is 0 Å². The number of aliphatic hydroxyl groups is 2. The molecule has 7 heteroatoms. The summed E-state index contributed by atoms with van der Waals surface area (Å²) in [6, 6.07) is 11.2. The molecule has 1 aliphatic heterocycles. The minimum Gasteiger partial charge on any atom is -0.507 e. The summed E-state index contributed by atoms with van der Waals surface area (Å²) in [5, 5.41) is 20.0. The molecule has 152 valence electrons. The average Bonchev–Trinajstić information content (AvgIpc) is 2.97. The van der Waals surface area contributed by atoms with Gasteiger partial charge in [0.15, 0.2) is 0 Å². The molecule has 0 radical (unpaired) electrons. The summed E-state index contributed by atoms with van der Waals surface area (Å²) in [6.45, 7) is 2.19. The maximum Gasteiger partial charge on any atom is 0.295 e. The van der Waals surface area contributed by atoms with Crippen molar-refractivity contribution in [3.63, 3.8) is 0 Å². The zero-order valence-electron chi connectivity index (χ0n) is 16.0. The second kappa shape index (κ2) is 8.87. The van der Waals surface area contributed by atoms with Crippen LogP contribution in [0.5, 0.6) is 5.75 Å². The highest BCUT2D eigenvalue weighted by molar-refractivity contribution is 6.46. The van der Waals surface area contributed by atoms with Crippen LogP contribution in [0.2, 0.25) is 0 Å². The lowest BCUT2D eigenvalue weighted by molar-refractivity contribution is -0.140. The van der Waals surface area contributed by atoms with Gasteiger partial charge in [-0.3, -0.25) is 9.59 Å². The lowest BCUT2D eigenvalue weighted by Crippen LogP contribution is -2.31.